The highest BCUT2D eigenvalue weighted by Gasteiger charge is 2.44. The van der Waals surface area contributed by atoms with Crippen molar-refractivity contribution in [3.8, 4) is 17.6 Å². The molecule has 44 heavy (non-hydrogen) atoms. The third kappa shape index (κ3) is 9.10. The summed E-state index contributed by atoms with van der Waals surface area (Å²) < 4.78 is 21.6. The van der Waals surface area contributed by atoms with Gasteiger partial charge in [-0.2, -0.15) is 5.26 Å². The molecule has 2 aromatic carbocycles. The molecule has 1 aliphatic heterocycles. The molecular weight excluding hydrogens is 572 g/mol. The summed E-state index contributed by atoms with van der Waals surface area (Å²) in [7, 11) is 1.13. The average Bonchev–Trinajstić information content (AvgIpc) is 3.00. The molecule has 13 nitrogen and oxygen atoms in total. The second-order valence-electron chi connectivity index (χ2n) is 11.0. The number of β-amino-alcohol motifs (C(OH)–C–C–N with tert-alkyl or cyclic N) is 1. The molecule has 0 saturated carbocycles. The van der Waals surface area contributed by atoms with E-state index in [0.29, 0.717) is 18.0 Å². The Balaban J connectivity index is 1.66. The first-order valence-electron chi connectivity index (χ1n) is 13.8. The van der Waals surface area contributed by atoms with Crippen molar-refractivity contribution in [1.29, 1.82) is 5.26 Å². The molecule has 1 heterocycles. The van der Waals surface area contributed by atoms with E-state index in [2.05, 4.69) is 10.3 Å². The number of nitrogens with zero attached hydrogens (tertiary/aromatic N) is 3. The molecular formula is C31H36N4O9. The fourth-order valence-electron chi connectivity index (χ4n) is 4.47. The standard InChI is InChI=1S/C31H36N4O9/c1-19-26(27(20-7-6-8-21(15-20)35(39)40)28(29(37)41-5)25(16-32)34-19)30(38)43-14-13-42-23-9-11-24(12-10-23)44-18-22(36)17-33-31(2,3)4/h6-12,15,22,27-28,33,36H,13-14,17-18H2,1-5H3. The lowest BCUT2D eigenvalue weighted by atomic mass is 9.75. The van der Waals surface area contributed by atoms with Crippen LogP contribution < -0.4 is 14.8 Å². The number of benzene rings is 2. The zero-order valence-electron chi connectivity index (χ0n) is 25.2. The van der Waals surface area contributed by atoms with Crippen LogP contribution in [0.5, 0.6) is 11.5 Å². The van der Waals surface area contributed by atoms with Crippen LogP contribution >= 0.6 is 0 Å². The summed E-state index contributed by atoms with van der Waals surface area (Å²) in [6.07, 6.45) is -0.681. The van der Waals surface area contributed by atoms with Crippen LogP contribution in [0, 0.1) is 27.4 Å². The minimum Gasteiger partial charge on any atom is -0.491 e. The van der Waals surface area contributed by atoms with Gasteiger partial charge in [-0.1, -0.05) is 12.1 Å². The van der Waals surface area contributed by atoms with Crippen molar-refractivity contribution in [2.24, 2.45) is 10.9 Å². The molecule has 0 fully saturated rings. The molecule has 0 spiro atoms. The maximum atomic E-state index is 13.3. The van der Waals surface area contributed by atoms with Crippen molar-refractivity contribution in [3.63, 3.8) is 0 Å². The molecule has 0 saturated heterocycles. The molecule has 3 atom stereocenters. The van der Waals surface area contributed by atoms with E-state index in [1.165, 1.54) is 31.2 Å². The molecule has 2 N–H and O–H groups in total. The number of nitro benzene ring substituents is 1. The van der Waals surface area contributed by atoms with E-state index < -0.39 is 34.8 Å². The highest BCUT2D eigenvalue weighted by molar-refractivity contribution is 6.14. The van der Waals surface area contributed by atoms with Gasteiger partial charge in [-0.25, -0.2) is 9.79 Å². The number of aliphatic hydroxyl groups excluding tert-OH is 1. The quantitative estimate of drug-likeness (QED) is 0.147. The van der Waals surface area contributed by atoms with E-state index in [4.69, 9.17) is 18.9 Å². The van der Waals surface area contributed by atoms with Gasteiger partial charge in [0.2, 0.25) is 0 Å². The SMILES string of the molecule is COC(=O)C1C(C#N)=NC(C)=C(C(=O)OCCOc2ccc(OCC(O)CNC(C)(C)C)cc2)C1c1cccc([N+](=O)[O-])c1. The van der Waals surface area contributed by atoms with Gasteiger partial charge in [-0.3, -0.25) is 14.9 Å². The van der Waals surface area contributed by atoms with E-state index in [1.54, 1.807) is 24.3 Å². The number of non-ortho nitro benzene ring substituents is 1. The van der Waals surface area contributed by atoms with E-state index in [9.17, 15) is 30.1 Å². The molecule has 0 amide bonds. The van der Waals surface area contributed by atoms with Crippen LogP contribution in [0.15, 0.2) is 64.8 Å². The summed E-state index contributed by atoms with van der Waals surface area (Å²) in [4.78, 5) is 41.1. The van der Waals surface area contributed by atoms with Gasteiger partial charge in [0.15, 0.2) is 0 Å². The van der Waals surface area contributed by atoms with E-state index >= 15 is 0 Å². The second-order valence-corrected chi connectivity index (χ2v) is 11.0. The van der Waals surface area contributed by atoms with Crippen LogP contribution in [-0.2, 0) is 19.1 Å². The number of hydrogen-bond acceptors (Lipinski definition) is 12. The molecule has 1 aliphatic rings. The van der Waals surface area contributed by atoms with Gasteiger partial charge >= 0.3 is 11.9 Å². The number of aliphatic hydroxyl groups is 1. The number of carbonyl (C=O) groups is 2. The van der Waals surface area contributed by atoms with Gasteiger partial charge in [0.05, 0.1) is 17.6 Å². The topological polar surface area (TPSA) is 183 Å². The Hall–Kier alpha value is -4.80. The number of nitro groups is 1. The second kappa shape index (κ2) is 15.1. The highest BCUT2D eigenvalue weighted by atomic mass is 16.6. The number of methoxy groups -OCH3 is 1. The maximum Gasteiger partial charge on any atom is 0.336 e. The Kier molecular flexibility index (Phi) is 11.6. The first-order valence-corrected chi connectivity index (χ1v) is 13.8. The monoisotopic (exact) mass is 608 g/mol. The number of hydrogen-bond donors (Lipinski definition) is 2. The average molecular weight is 609 g/mol. The van der Waals surface area contributed by atoms with Crippen LogP contribution in [0.3, 0.4) is 0 Å². The Bertz CT molecular complexity index is 1460. The molecule has 0 aliphatic carbocycles. The van der Waals surface area contributed by atoms with Crippen LogP contribution in [-0.4, -0.2) is 72.8 Å². The van der Waals surface area contributed by atoms with Crippen LogP contribution in [0.1, 0.15) is 39.2 Å². The summed E-state index contributed by atoms with van der Waals surface area (Å²) in [6.45, 7) is 7.84. The third-order valence-corrected chi connectivity index (χ3v) is 6.57. The zero-order valence-corrected chi connectivity index (χ0v) is 25.2. The van der Waals surface area contributed by atoms with Crippen molar-refractivity contribution >= 4 is 23.3 Å². The fourth-order valence-corrected chi connectivity index (χ4v) is 4.47. The smallest absolute Gasteiger partial charge is 0.336 e. The largest absolute Gasteiger partial charge is 0.491 e. The first-order chi connectivity index (χ1) is 20.8. The van der Waals surface area contributed by atoms with E-state index in [0.717, 1.165) is 7.11 Å². The normalized spacial score (nSPS) is 17.2. The van der Waals surface area contributed by atoms with Crippen molar-refractivity contribution in [1.82, 2.24) is 5.32 Å². The lowest BCUT2D eigenvalue weighted by molar-refractivity contribution is -0.384. The zero-order chi connectivity index (χ0) is 32.4. The number of carbonyl (C=O) groups excluding carboxylic acids is 2. The summed E-state index contributed by atoms with van der Waals surface area (Å²) in [6, 6.07) is 14.0. The van der Waals surface area contributed by atoms with Gasteiger partial charge in [-0.05, 0) is 57.5 Å². The van der Waals surface area contributed by atoms with Crippen LogP contribution in [0.4, 0.5) is 5.69 Å². The van der Waals surface area contributed by atoms with Gasteiger partial charge in [0, 0.05) is 35.8 Å². The minimum atomic E-state index is -1.31. The molecule has 234 valence electrons. The Morgan fingerprint density at radius 3 is 2.39 bits per heavy atom. The van der Waals surface area contributed by atoms with E-state index in [-0.39, 0.29) is 53.6 Å². The number of nitriles is 1. The number of aliphatic imine (C=N–C) groups is 1. The summed E-state index contributed by atoms with van der Waals surface area (Å²) in [5.74, 6) is -3.04. The van der Waals surface area contributed by atoms with Crippen molar-refractivity contribution < 1.29 is 38.6 Å². The van der Waals surface area contributed by atoms with Crippen molar-refractivity contribution in [2.75, 3.05) is 33.5 Å². The number of ether oxygens (including phenoxy) is 4. The number of nitrogens with one attached hydrogen (secondary N) is 1. The summed E-state index contributed by atoms with van der Waals surface area (Å²) in [5.41, 5.74) is -0.196. The van der Waals surface area contributed by atoms with Gasteiger partial charge < -0.3 is 29.4 Å². The highest BCUT2D eigenvalue weighted by Crippen LogP contribution is 2.41. The molecule has 3 unspecified atom stereocenters. The predicted octanol–water partition coefficient (Wildman–Crippen LogP) is 3.47. The number of rotatable bonds is 13. The Labute approximate surface area is 255 Å². The first kappa shape index (κ1) is 33.7. The molecule has 2 aromatic rings. The fraction of sp³-hybridized carbons (Fsp3) is 0.419. The molecule has 13 heteroatoms. The summed E-state index contributed by atoms with van der Waals surface area (Å²) >= 11 is 0. The molecule has 0 radical (unpaired) electrons. The lowest BCUT2D eigenvalue weighted by Crippen LogP contribution is -2.42. The Morgan fingerprint density at radius 1 is 1.14 bits per heavy atom. The number of allylic oxidation sites excluding steroid dienone is 1. The van der Waals surface area contributed by atoms with Crippen LogP contribution in [0.25, 0.3) is 0 Å². The van der Waals surface area contributed by atoms with E-state index in [1.807, 2.05) is 26.8 Å². The summed E-state index contributed by atoms with van der Waals surface area (Å²) in [5, 5.41) is 34.4. The van der Waals surface area contributed by atoms with Crippen LogP contribution in [0.2, 0.25) is 0 Å². The maximum absolute atomic E-state index is 13.3. The Morgan fingerprint density at radius 2 is 1.80 bits per heavy atom. The predicted molar refractivity (Wildman–Crippen MR) is 159 cm³/mol. The van der Waals surface area contributed by atoms with Crippen molar-refractivity contribution in [3.05, 3.63) is 75.5 Å². The molecule has 0 bridgehead atoms. The van der Waals surface area contributed by atoms with Gasteiger partial charge in [-0.15, -0.1) is 0 Å². The molecule has 0 aromatic heterocycles. The lowest BCUT2D eigenvalue weighted by Gasteiger charge is -2.30. The third-order valence-electron chi connectivity index (χ3n) is 6.57. The minimum absolute atomic E-state index is 0.00984. The van der Waals surface area contributed by atoms with Crippen molar-refractivity contribution in [2.45, 2.75) is 45.3 Å². The van der Waals surface area contributed by atoms with Gasteiger partial charge in [0.1, 0.15) is 55.1 Å². The number of esters is 2. The van der Waals surface area contributed by atoms with Gasteiger partial charge in [0.25, 0.3) is 5.69 Å². The molecule has 3 rings (SSSR count).